The van der Waals surface area contributed by atoms with Gasteiger partial charge < -0.3 is 14.6 Å². The molecule has 19 heavy (non-hydrogen) atoms. The summed E-state index contributed by atoms with van der Waals surface area (Å²) in [5.41, 5.74) is 0.0433. The minimum absolute atomic E-state index is 0.452. The lowest BCUT2D eigenvalue weighted by Crippen LogP contribution is -2.23. The molecule has 0 unspecified atom stereocenters. The molecule has 0 spiro atoms. The largest absolute Gasteiger partial charge is 0.544 e. The first-order valence-corrected chi connectivity index (χ1v) is 7.03. The summed E-state index contributed by atoms with van der Waals surface area (Å²) in [6.07, 6.45) is 2.05. The molecule has 1 aromatic rings. The molecule has 0 atom stereocenters. The lowest BCUT2D eigenvalue weighted by molar-refractivity contribution is -0.298. The van der Waals surface area contributed by atoms with Crippen LogP contribution < -0.4 is 9.84 Å². The number of hydrogen-bond donors (Lipinski definition) is 0. The third-order valence-electron chi connectivity index (χ3n) is 2.13. The Balaban J connectivity index is 3.32. The van der Waals surface area contributed by atoms with Crippen LogP contribution in [0.15, 0.2) is 26.7 Å². The second-order valence-corrected chi connectivity index (χ2v) is 5.38. The zero-order chi connectivity index (χ0) is 14.4. The summed E-state index contributed by atoms with van der Waals surface area (Å²) in [5.74, 6) is -1.01. The van der Waals surface area contributed by atoms with E-state index in [1.165, 1.54) is 6.08 Å². The lowest BCUT2D eigenvalue weighted by atomic mass is 10.1. The first kappa shape index (κ1) is 15.7. The van der Waals surface area contributed by atoms with Gasteiger partial charge in [0, 0.05) is 10.0 Å². The normalized spacial score (nSPS) is 10.9. The standard InChI is InChI=1S/C13H11Br2NO3/c1-2-3-19-12-8(4-9(7-16)13(17)18)5-10(14)6-11(12)15/h4-6H,2-3H2,1H3,(H,17,18)/p-1/b9-4+. The number of benzene rings is 1. The zero-order valence-corrected chi connectivity index (χ0v) is 13.2. The van der Waals surface area contributed by atoms with Crippen LogP contribution in [0.25, 0.3) is 6.08 Å². The monoisotopic (exact) mass is 386 g/mol. The van der Waals surface area contributed by atoms with E-state index in [4.69, 9.17) is 10.00 Å². The third kappa shape index (κ3) is 4.37. The number of carbonyl (C=O) groups is 1. The quantitative estimate of drug-likeness (QED) is 0.575. The van der Waals surface area contributed by atoms with Gasteiger partial charge in [0.15, 0.2) is 0 Å². The second-order valence-electron chi connectivity index (χ2n) is 3.61. The molecule has 0 aliphatic heterocycles. The number of nitrogens with zero attached hydrogens (tertiary/aromatic N) is 1. The highest BCUT2D eigenvalue weighted by atomic mass is 79.9. The van der Waals surface area contributed by atoms with Gasteiger partial charge in [0.25, 0.3) is 0 Å². The Bertz CT molecular complexity index is 562. The van der Waals surface area contributed by atoms with Crippen molar-refractivity contribution in [3.8, 4) is 11.8 Å². The van der Waals surface area contributed by atoms with Gasteiger partial charge in [0.05, 0.1) is 22.6 Å². The smallest absolute Gasteiger partial charge is 0.140 e. The maximum absolute atomic E-state index is 10.8. The summed E-state index contributed by atoms with van der Waals surface area (Å²) in [6, 6.07) is 5.05. The Morgan fingerprint density at radius 3 is 2.74 bits per heavy atom. The van der Waals surface area contributed by atoms with E-state index in [1.54, 1.807) is 18.2 Å². The predicted octanol–water partition coefficient (Wildman–Crippen LogP) is 2.66. The molecular weight excluding hydrogens is 378 g/mol. The van der Waals surface area contributed by atoms with Gasteiger partial charge in [-0.3, -0.25) is 0 Å². The topological polar surface area (TPSA) is 73.1 Å². The Labute approximate surface area is 127 Å². The van der Waals surface area contributed by atoms with E-state index < -0.39 is 11.5 Å². The van der Waals surface area contributed by atoms with E-state index in [0.717, 1.165) is 10.9 Å². The highest BCUT2D eigenvalue weighted by Gasteiger charge is 2.10. The van der Waals surface area contributed by atoms with Crippen LogP contribution in [0.3, 0.4) is 0 Å². The molecule has 0 fully saturated rings. The summed E-state index contributed by atoms with van der Waals surface area (Å²) >= 11 is 6.65. The highest BCUT2D eigenvalue weighted by Crippen LogP contribution is 2.34. The Morgan fingerprint density at radius 2 is 2.21 bits per heavy atom. The van der Waals surface area contributed by atoms with Gasteiger partial charge in [-0.25, -0.2) is 0 Å². The van der Waals surface area contributed by atoms with Crippen LogP contribution in [-0.2, 0) is 4.79 Å². The lowest BCUT2D eigenvalue weighted by Gasteiger charge is -2.12. The van der Waals surface area contributed by atoms with Crippen LogP contribution in [0.2, 0.25) is 0 Å². The van der Waals surface area contributed by atoms with Crippen LogP contribution in [0.4, 0.5) is 0 Å². The first-order chi connectivity index (χ1) is 8.99. The Kier molecular flexibility index (Phi) is 6.06. The fourth-order valence-corrected chi connectivity index (χ4v) is 2.71. The molecule has 0 saturated heterocycles. The average Bonchev–Trinajstić information content (AvgIpc) is 2.34. The molecule has 4 nitrogen and oxygen atoms in total. The minimum atomic E-state index is -1.51. The summed E-state index contributed by atoms with van der Waals surface area (Å²) in [4.78, 5) is 10.8. The molecule has 0 aliphatic carbocycles. The van der Waals surface area contributed by atoms with Crippen LogP contribution in [0, 0.1) is 11.3 Å². The van der Waals surface area contributed by atoms with E-state index in [0.29, 0.717) is 22.4 Å². The van der Waals surface area contributed by atoms with Crippen molar-refractivity contribution >= 4 is 43.9 Å². The van der Waals surface area contributed by atoms with E-state index >= 15 is 0 Å². The van der Waals surface area contributed by atoms with Crippen molar-refractivity contribution < 1.29 is 14.6 Å². The van der Waals surface area contributed by atoms with Crippen molar-refractivity contribution in [2.75, 3.05) is 6.61 Å². The van der Waals surface area contributed by atoms with Gasteiger partial charge in [-0.15, -0.1) is 0 Å². The van der Waals surface area contributed by atoms with E-state index in [1.807, 2.05) is 6.92 Å². The molecular formula is C13H10Br2NO3-. The Hall–Kier alpha value is -1.32. The summed E-state index contributed by atoms with van der Waals surface area (Å²) in [7, 11) is 0. The molecule has 1 aromatic carbocycles. The molecule has 0 aliphatic rings. The first-order valence-electron chi connectivity index (χ1n) is 5.44. The highest BCUT2D eigenvalue weighted by molar-refractivity contribution is 9.11. The molecule has 0 aromatic heterocycles. The maximum Gasteiger partial charge on any atom is 0.140 e. The molecule has 0 radical (unpaired) electrons. The number of carboxylic acid groups (broad SMARTS) is 1. The molecule has 6 heteroatoms. The fourth-order valence-electron chi connectivity index (χ4n) is 1.34. The molecule has 0 N–H and O–H groups in total. The minimum Gasteiger partial charge on any atom is -0.544 e. The summed E-state index contributed by atoms with van der Waals surface area (Å²) in [5, 5.41) is 19.5. The van der Waals surface area contributed by atoms with Crippen molar-refractivity contribution in [1.82, 2.24) is 0 Å². The van der Waals surface area contributed by atoms with E-state index in [2.05, 4.69) is 31.9 Å². The van der Waals surface area contributed by atoms with Crippen molar-refractivity contribution in [2.45, 2.75) is 13.3 Å². The van der Waals surface area contributed by atoms with E-state index in [9.17, 15) is 9.90 Å². The van der Waals surface area contributed by atoms with Gasteiger partial charge in [0.2, 0.25) is 0 Å². The number of rotatable bonds is 5. The predicted molar refractivity (Wildman–Crippen MR) is 76.2 cm³/mol. The average molecular weight is 388 g/mol. The number of ether oxygens (including phenoxy) is 1. The van der Waals surface area contributed by atoms with Crippen LogP contribution in [0.5, 0.6) is 5.75 Å². The van der Waals surface area contributed by atoms with Crippen molar-refractivity contribution in [1.29, 1.82) is 5.26 Å². The SMILES string of the molecule is CCCOc1c(Br)cc(Br)cc1/C=C(\C#N)C(=O)[O-]. The number of carboxylic acids is 1. The van der Waals surface area contributed by atoms with Crippen LogP contribution in [0.1, 0.15) is 18.9 Å². The fraction of sp³-hybridized carbons (Fsp3) is 0.231. The summed E-state index contributed by atoms with van der Waals surface area (Å²) in [6.45, 7) is 2.46. The second kappa shape index (κ2) is 7.31. The van der Waals surface area contributed by atoms with Gasteiger partial charge >= 0.3 is 0 Å². The van der Waals surface area contributed by atoms with E-state index in [-0.39, 0.29) is 0 Å². The van der Waals surface area contributed by atoms with Crippen molar-refractivity contribution in [2.24, 2.45) is 0 Å². The van der Waals surface area contributed by atoms with Gasteiger partial charge in [-0.05, 0) is 40.6 Å². The summed E-state index contributed by atoms with van der Waals surface area (Å²) < 4.78 is 6.98. The van der Waals surface area contributed by atoms with Crippen LogP contribution in [-0.4, -0.2) is 12.6 Å². The molecule has 0 heterocycles. The van der Waals surface area contributed by atoms with Gasteiger partial charge in [0.1, 0.15) is 11.8 Å². The number of aliphatic carboxylic acids is 1. The van der Waals surface area contributed by atoms with Crippen molar-refractivity contribution in [3.05, 3.63) is 32.2 Å². The number of hydrogen-bond acceptors (Lipinski definition) is 4. The number of nitriles is 1. The van der Waals surface area contributed by atoms with Crippen molar-refractivity contribution in [3.63, 3.8) is 0 Å². The van der Waals surface area contributed by atoms with Gasteiger partial charge in [-0.1, -0.05) is 22.9 Å². The zero-order valence-electron chi connectivity index (χ0n) is 10.1. The molecule has 100 valence electrons. The third-order valence-corrected chi connectivity index (χ3v) is 3.17. The Morgan fingerprint density at radius 1 is 1.53 bits per heavy atom. The molecule has 0 saturated carbocycles. The number of halogens is 2. The molecule has 0 amide bonds. The van der Waals surface area contributed by atoms with Crippen LogP contribution >= 0.6 is 31.9 Å². The molecule has 0 bridgehead atoms. The molecule has 1 rings (SSSR count). The van der Waals surface area contributed by atoms with Gasteiger partial charge in [-0.2, -0.15) is 5.26 Å². The maximum atomic E-state index is 10.8. The number of carbonyl (C=O) groups excluding carboxylic acids is 1.